The Balaban J connectivity index is 1.28. The Bertz CT molecular complexity index is 3270. The molecule has 28 heteroatoms. The first-order chi connectivity index (χ1) is 45.5. The minimum absolute atomic E-state index is 0.136. The van der Waals surface area contributed by atoms with Gasteiger partial charge in [0.25, 0.3) is 0 Å². The third-order valence-corrected chi connectivity index (χ3v) is 21.5. The lowest BCUT2D eigenvalue weighted by Crippen LogP contribution is -2.65. The van der Waals surface area contributed by atoms with Crippen LogP contribution < -0.4 is 15.5 Å². The van der Waals surface area contributed by atoms with Crippen LogP contribution in [-0.2, 0) is 70.1 Å². The first-order valence-corrected chi connectivity index (χ1v) is 34.2. The van der Waals surface area contributed by atoms with Gasteiger partial charge in [0, 0.05) is 74.7 Å². The van der Waals surface area contributed by atoms with Crippen LogP contribution in [-0.4, -0.2) is 251 Å². The number of likely N-dealkylation sites (N-methyl/N-ethyl adjacent to an activating group) is 7. The lowest BCUT2D eigenvalue weighted by Gasteiger charge is -2.46. The van der Waals surface area contributed by atoms with E-state index in [9.17, 15) is 56.3 Å². The van der Waals surface area contributed by atoms with Gasteiger partial charge in [-0.05, 0) is 139 Å². The van der Waals surface area contributed by atoms with Crippen molar-refractivity contribution in [2.24, 2.45) is 17.8 Å². The average molecular weight is 1380 g/mol. The molecule has 0 spiro atoms. The molecule has 2 aromatic carbocycles. The highest BCUT2D eigenvalue weighted by Gasteiger charge is 2.50. The van der Waals surface area contributed by atoms with Crippen LogP contribution in [0.4, 0.5) is 18.9 Å². The second-order valence-corrected chi connectivity index (χ2v) is 28.0. The summed E-state index contributed by atoms with van der Waals surface area (Å²) in [6, 6.07) is 1.09. The molecule has 12 amide bonds. The number of hydrogen-bond acceptors (Lipinski definition) is 12. The van der Waals surface area contributed by atoms with Crippen LogP contribution in [0, 0.1) is 17.8 Å². The quantitative estimate of drug-likeness (QED) is 0.342. The molecule has 9 atom stereocenters. The Morgan fingerprint density at radius 1 is 0.639 bits per heavy atom. The lowest BCUT2D eigenvalue weighted by atomic mass is 9.78. The number of nitrogens with one attached hydrogen (secondary N) is 2. The van der Waals surface area contributed by atoms with Gasteiger partial charge in [-0.15, -0.1) is 0 Å². The smallest absolute Gasteiger partial charge is 0.343 e. The van der Waals surface area contributed by atoms with Crippen LogP contribution in [0.3, 0.4) is 0 Å². The maximum Gasteiger partial charge on any atom is 0.417 e. The molecule has 1 unspecified atom stereocenters. The Hall–Kier alpha value is -7.84. The molecule has 3 heterocycles. The van der Waals surface area contributed by atoms with Gasteiger partial charge >= 0.3 is 6.18 Å². The molecular weight excluding hydrogens is 1280 g/mol. The second kappa shape index (κ2) is 32.2. The number of piperidine rings is 1. The molecule has 0 aromatic heterocycles. The summed E-state index contributed by atoms with van der Waals surface area (Å²) in [7, 11) is 9.76. The zero-order valence-corrected chi connectivity index (χ0v) is 59.0. The number of amides is 12. The summed E-state index contributed by atoms with van der Waals surface area (Å²) in [4.78, 5) is 190. The topological polar surface area (TPSA) is 261 Å². The van der Waals surface area contributed by atoms with Gasteiger partial charge in [0.2, 0.25) is 70.9 Å². The number of halogens is 4. The fraction of sp³-hybridized carbons (Fsp3) is 0.652. The monoisotopic (exact) mass is 1380 g/mol. The summed E-state index contributed by atoms with van der Waals surface area (Å²) >= 11 is 6.15. The summed E-state index contributed by atoms with van der Waals surface area (Å²) in [6.45, 7) is 8.92. The number of likely N-dealkylation sites (tertiary alicyclic amines) is 1. The normalized spacial score (nSPS) is 26.9. The van der Waals surface area contributed by atoms with Crippen LogP contribution in [0.1, 0.15) is 136 Å². The number of aryl methyl sites for hydroxylation is 1. The summed E-state index contributed by atoms with van der Waals surface area (Å²) in [5.74, 6) is -9.44. The van der Waals surface area contributed by atoms with Crippen molar-refractivity contribution in [3.63, 3.8) is 0 Å². The predicted molar refractivity (Wildman–Crippen MR) is 355 cm³/mol. The van der Waals surface area contributed by atoms with Gasteiger partial charge in [-0.3, -0.25) is 57.5 Å². The van der Waals surface area contributed by atoms with E-state index in [0.29, 0.717) is 58.0 Å². The number of para-hydroxylation sites is 1. The van der Waals surface area contributed by atoms with Gasteiger partial charge in [-0.2, -0.15) is 13.2 Å². The summed E-state index contributed by atoms with van der Waals surface area (Å²) in [5, 5.41) is 4.94. The molecular formula is C69H98ClF3N12O12. The van der Waals surface area contributed by atoms with Crippen molar-refractivity contribution in [3.8, 4) is 0 Å². The molecule has 534 valence electrons. The summed E-state index contributed by atoms with van der Waals surface area (Å²) in [5.41, 5.74) is -2.43. The Morgan fingerprint density at radius 2 is 1.24 bits per heavy atom. The van der Waals surface area contributed by atoms with E-state index in [0.717, 1.165) is 51.0 Å². The highest BCUT2D eigenvalue weighted by atomic mass is 35.5. The highest BCUT2D eigenvalue weighted by molar-refractivity contribution is 6.31. The van der Waals surface area contributed by atoms with Crippen molar-refractivity contribution in [2.45, 2.75) is 191 Å². The van der Waals surface area contributed by atoms with Crippen LogP contribution >= 0.6 is 11.6 Å². The molecule has 2 aliphatic carbocycles. The minimum Gasteiger partial charge on any atom is -0.343 e. The van der Waals surface area contributed by atoms with E-state index < -0.39 is 173 Å². The van der Waals surface area contributed by atoms with Gasteiger partial charge in [0.05, 0.1) is 23.6 Å². The van der Waals surface area contributed by atoms with Gasteiger partial charge in [-0.1, -0.05) is 69.0 Å². The Kier molecular flexibility index (Phi) is 25.4. The van der Waals surface area contributed by atoms with E-state index in [2.05, 4.69) is 10.6 Å². The average Bonchev–Trinajstić information content (AvgIpc) is 0.781. The van der Waals surface area contributed by atoms with Crippen molar-refractivity contribution in [1.82, 2.24) is 54.7 Å². The highest BCUT2D eigenvalue weighted by Crippen LogP contribution is 2.38. The SMILES string of the molecule is CC[C@H](C)[C@@H]1NC(=O)[C@H](C)N(C)C(=O)C[C@@H](C(=O)N2CCCCC2)N(C)C(=O)[C@H](C2CCC2)N(C)C(=O)C(C)(C)N(C)C(=O)CN(c2ccccc2)C(=O)[C@H](CCc2ccc(C(F)(F)F)c(Cl)c2)NC(=O)CN(C)C(=O)[C@H](C2CCC2)N(C)C(=O)C2CCN2C(=O)[C@H](C)N(C)C1=O. The lowest BCUT2D eigenvalue weighted by molar-refractivity contribution is -0.161. The molecule has 2 saturated carbocycles. The first kappa shape index (κ1) is 76.5. The van der Waals surface area contributed by atoms with Gasteiger partial charge in [0.1, 0.15) is 60.4 Å². The van der Waals surface area contributed by atoms with Crippen molar-refractivity contribution < 1.29 is 70.7 Å². The van der Waals surface area contributed by atoms with Crippen LogP contribution in [0.2, 0.25) is 5.02 Å². The largest absolute Gasteiger partial charge is 0.417 e. The number of anilines is 1. The maximum absolute atomic E-state index is 15.4. The van der Waals surface area contributed by atoms with E-state index in [-0.39, 0.29) is 43.0 Å². The van der Waals surface area contributed by atoms with Crippen LogP contribution in [0.5, 0.6) is 0 Å². The summed E-state index contributed by atoms with van der Waals surface area (Å²) in [6.07, 6.45) is 0.680. The Morgan fingerprint density at radius 3 is 1.77 bits per heavy atom. The standard InChI is InChI=1S/C69H98ClF3N12O12/c1-14-41(2)56-64(94)78(9)43(4)60(90)84-36-33-51(84)62(92)80(11)57(45-23-21-24-45)65(95)76(7)39-53(86)74-50(32-30-44-29-31-48(49(70)37-44)69(71,72)73)61(91)85(47-27-17-15-18-28-47)40-55(88)82(13)68(5,6)67(97)81(12)58(46-25-22-26-46)66(96)79(10)52(63(93)83-34-19-16-20-35-83)38-54(87)77(8)42(3)59(89)75-56/h15,17-18,27-29,31,37,41-43,45-46,50-52,56-58H,14,16,19-26,30,32-36,38-40H2,1-13H3,(H,74,86)(H,75,89)/t41-,42-,43-,50-,51?,52-,56-,57-,58-/m0/s1. The Labute approximate surface area is 572 Å². The number of fused-ring (bicyclic) bond motifs is 1. The van der Waals surface area contributed by atoms with E-state index in [4.69, 9.17) is 11.6 Å². The molecule has 0 bridgehead atoms. The molecule has 0 radical (unpaired) electrons. The summed E-state index contributed by atoms with van der Waals surface area (Å²) < 4.78 is 41.6. The van der Waals surface area contributed by atoms with E-state index in [1.807, 2.05) is 6.92 Å². The van der Waals surface area contributed by atoms with E-state index in [1.54, 1.807) is 30.0 Å². The third kappa shape index (κ3) is 17.2. The molecule has 97 heavy (non-hydrogen) atoms. The predicted octanol–water partition coefficient (Wildman–Crippen LogP) is 4.83. The molecule has 24 nitrogen and oxygen atoms in total. The number of nitrogens with zero attached hydrogens (tertiary/aromatic N) is 10. The van der Waals surface area contributed by atoms with Crippen molar-refractivity contribution in [2.75, 3.05) is 87.0 Å². The molecule has 3 saturated heterocycles. The van der Waals surface area contributed by atoms with E-state index in [1.165, 1.54) is 120 Å². The number of hydrogen-bond donors (Lipinski definition) is 2. The molecule has 5 fully saturated rings. The minimum atomic E-state index is -4.78. The first-order valence-electron chi connectivity index (χ1n) is 33.8. The van der Waals surface area contributed by atoms with Crippen molar-refractivity contribution >= 4 is 88.2 Å². The number of carbonyl (C=O) groups is 12. The second-order valence-electron chi connectivity index (χ2n) is 27.6. The number of benzene rings is 2. The van der Waals surface area contributed by atoms with Gasteiger partial charge in [0.15, 0.2) is 0 Å². The van der Waals surface area contributed by atoms with E-state index >= 15 is 14.4 Å². The number of rotatable bonds is 9. The van der Waals surface area contributed by atoms with Crippen LogP contribution in [0.25, 0.3) is 0 Å². The zero-order valence-electron chi connectivity index (χ0n) is 58.3. The van der Waals surface area contributed by atoms with Gasteiger partial charge in [-0.25, -0.2) is 0 Å². The van der Waals surface area contributed by atoms with Crippen LogP contribution in [0.15, 0.2) is 48.5 Å². The number of alkyl halides is 3. The molecule has 2 aromatic rings. The molecule has 2 N–H and O–H groups in total. The van der Waals surface area contributed by atoms with Gasteiger partial charge < -0.3 is 59.6 Å². The third-order valence-electron chi connectivity index (χ3n) is 21.2. The molecule has 7 rings (SSSR count). The fourth-order valence-electron chi connectivity index (χ4n) is 13.3. The van der Waals surface area contributed by atoms with Crippen molar-refractivity contribution in [1.29, 1.82) is 0 Å². The molecule has 3 aliphatic heterocycles. The maximum atomic E-state index is 15.4. The van der Waals surface area contributed by atoms with Crippen molar-refractivity contribution in [3.05, 3.63) is 64.7 Å². The fourth-order valence-corrected chi connectivity index (χ4v) is 13.6. The molecule has 5 aliphatic rings. The zero-order chi connectivity index (χ0) is 71.9. The number of carbonyl (C=O) groups excluding carboxylic acids is 12.